The molecule has 2 aliphatic rings. The number of thiocarbonyl (C=S) groups is 1. The van der Waals surface area contributed by atoms with Crippen LogP contribution in [0, 0.1) is 5.41 Å². The fourth-order valence-corrected chi connectivity index (χ4v) is 4.08. The van der Waals surface area contributed by atoms with Crippen molar-refractivity contribution in [3.63, 3.8) is 0 Å². The molecule has 24 heavy (non-hydrogen) atoms. The Morgan fingerprint density at radius 2 is 1.83 bits per heavy atom. The van der Waals surface area contributed by atoms with Crippen LogP contribution in [-0.4, -0.2) is 42.6 Å². The Hall–Kier alpha value is -1.23. The highest BCUT2D eigenvalue weighted by Crippen LogP contribution is 2.37. The summed E-state index contributed by atoms with van der Waals surface area (Å²) in [6.45, 7) is 10.1. The monoisotopic (exact) mass is 344 g/mol. The van der Waals surface area contributed by atoms with E-state index < -0.39 is 0 Å². The summed E-state index contributed by atoms with van der Waals surface area (Å²) >= 11 is 5.80. The van der Waals surface area contributed by atoms with Gasteiger partial charge in [0.05, 0.1) is 13.2 Å². The van der Waals surface area contributed by atoms with Crippen LogP contribution >= 0.6 is 12.2 Å². The fraction of sp³-hybridized carbons (Fsp3) is 0.550. The number of ether oxygens (including phenoxy) is 1. The molecule has 1 aromatic rings. The highest BCUT2D eigenvalue weighted by atomic mass is 32.1. The second kappa shape index (κ2) is 7.77. The summed E-state index contributed by atoms with van der Waals surface area (Å²) < 4.78 is 5.47. The van der Waals surface area contributed by atoms with E-state index in [0.717, 1.165) is 57.1 Å². The van der Waals surface area contributed by atoms with Crippen molar-refractivity contribution >= 4 is 17.1 Å². The van der Waals surface area contributed by atoms with Crippen LogP contribution in [0.1, 0.15) is 32.3 Å². The number of allylic oxidation sites excluding steroid dienone is 1. The van der Waals surface area contributed by atoms with Crippen LogP contribution < -0.4 is 5.32 Å². The van der Waals surface area contributed by atoms with E-state index in [-0.39, 0.29) is 5.41 Å². The Balaban J connectivity index is 1.76. The molecule has 1 fully saturated rings. The predicted octanol–water partition coefficient (Wildman–Crippen LogP) is 3.55. The zero-order chi connectivity index (χ0) is 17.0. The molecule has 1 aromatic carbocycles. The van der Waals surface area contributed by atoms with Crippen molar-refractivity contribution in [3.8, 4) is 0 Å². The molecular weight excluding hydrogens is 316 g/mol. The average molecular weight is 345 g/mol. The van der Waals surface area contributed by atoms with Crippen molar-refractivity contribution in [1.82, 2.24) is 10.2 Å². The molecule has 0 bridgehead atoms. The number of rotatable bonds is 5. The maximum absolute atomic E-state index is 5.80. The summed E-state index contributed by atoms with van der Waals surface area (Å²) in [6.07, 6.45) is 2.08. The van der Waals surface area contributed by atoms with Crippen molar-refractivity contribution < 1.29 is 4.74 Å². The van der Waals surface area contributed by atoms with E-state index in [0.29, 0.717) is 0 Å². The van der Waals surface area contributed by atoms with Gasteiger partial charge in [-0.3, -0.25) is 4.90 Å². The lowest BCUT2D eigenvalue weighted by Gasteiger charge is -2.37. The van der Waals surface area contributed by atoms with Crippen LogP contribution in [0.25, 0.3) is 0 Å². The van der Waals surface area contributed by atoms with Crippen molar-refractivity contribution in [3.05, 3.63) is 47.2 Å². The Kier molecular flexibility index (Phi) is 5.69. The number of hydrogen-bond acceptors (Lipinski definition) is 4. The highest BCUT2D eigenvalue weighted by Gasteiger charge is 2.31. The Morgan fingerprint density at radius 3 is 2.54 bits per heavy atom. The van der Waals surface area contributed by atoms with E-state index in [1.807, 2.05) is 0 Å². The molecule has 1 saturated heterocycles. The largest absolute Gasteiger partial charge is 0.384 e. The van der Waals surface area contributed by atoms with Gasteiger partial charge in [-0.1, -0.05) is 56.4 Å². The van der Waals surface area contributed by atoms with E-state index >= 15 is 0 Å². The molecule has 3 nitrogen and oxygen atoms in total. The Labute approximate surface area is 151 Å². The third-order valence-electron chi connectivity index (χ3n) is 4.83. The lowest BCUT2D eigenvalue weighted by atomic mass is 9.76. The quantitative estimate of drug-likeness (QED) is 0.826. The van der Waals surface area contributed by atoms with Crippen LogP contribution in [0.15, 0.2) is 41.6 Å². The van der Waals surface area contributed by atoms with Gasteiger partial charge in [0.25, 0.3) is 0 Å². The van der Waals surface area contributed by atoms with E-state index in [1.54, 1.807) is 0 Å². The van der Waals surface area contributed by atoms with Gasteiger partial charge in [0.15, 0.2) is 0 Å². The molecule has 0 saturated carbocycles. The van der Waals surface area contributed by atoms with Crippen molar-refractivity contribution in [2.45, 2.75) is 33.2 Å². The van der Waals surface area contributed by atoms with E-state index in [1.165, 1.54) is 16.8 Å². The minimum absolute atomic E-state index is 0.241. The normalized spacial score (nSPS) is 21.8. The zero-order valence-corrected chi connectivity index (χ0v) is 15.6. The van der Waals surface area contributed by atoms with Gasteiger partial charge in [0, 0.05) is 36.7 Å². The predicted molar refractivity (Wildman–Crippen MR) is 103 cm³/mol. The summed E-state index contributed by atoms with van der Waals surface area (Å²) in [5, 5.41) is 3.70. The first-order valence-electron chi connectivity index (χ1n) is 8.87. The minimum Gasteiger partial charge on any atom is -0.384 e. The average Bonchev–Trinajstić information content (AvgIpc) is 2.57. The van der Waals surface area contributed by atoms with Crippen molar-refractivity contribution in [2.24, 2.45) is 5.41 Å². The van der Waals surface area contributed by atoms with Crippen LogP contribution in [0.2, 0.25) is 0 Å². The van der Waals surface area contributed by atoms with Gasteiger partial charge in [-0.2, -0.15) is 0 Å². The maximum Gasteiger partial charge on any atom is 0.0594 e. The lowest BCUT2D eigenvalue weighted by Crippen LogP contribution is -2.41. The molecule has 1 heterocycles. The fourth-order valence-electron chi connectivity index (χ4n) is 3.50. The molecule has 130 valence electrons. The Morgan fingerprint density at radius 1 is 1.12 bits per heavy atom. The second-order valence-electron chi connectivity index (χ2n) is 7.63. The first kappa shape index (κ1) is 17.6. The SMILES string of the molecule is CC1(C)CC(=S)C(CN2CCOCC2)=C(NCc2ccccc2)C1. The highest BCUT2D eigenvalue weighted by molar-refractivity contribution is 7.80. The van der Waals surface area contributed by atoms with Gasteiger partial charge in [-0.15, -0.1) is 0 Å². The molecule has 0 radical (unpaired) electrons. The number of hydrogen-bond donors (Lipinski definition) is 1. The van der Waals surface area contributed by atoms with E-state index in [2.05, 4.69) is 54.4 Å². The standard InChI is InChI=1S/C20H28N2OS/c1-20(2)12-18(21-14-16-6-4-3-5-7-16)17(19(24)13-20)15-22-8-10-23-11-9-22/h3-7,21H,8-15H2,1-2H3. The minimum atomic E-state index is 0.241. The molecule has 0 aromatic heterocycles. The van der Waals surface area contributed by atoms with Gasteiger partial charge >= 0.3 is 0 Å². The van der Waals surface area contributed by atoms with Crippen molar-refractivity contribution in [1.29, 1.82) is 0 Å². The summed E-state index contributed by atoms with van der Waals surface area (Å²) in [5.41, 5.74) is 4.24. The molecule has 0 unspecified atom stereocenters. The van der Waals surface area contributed by atoms with Crippen LogP contribution in [0.5, 0.6) is 0 Å². The molecule has 1 aliphatic heterocycles. The number of morpholine rings is 1. The first-order valence-corrected chi connectivity index (χ1v) is 9.27. The van der Waals surface area contributed by atoms with Gasteiger partial charge in [0.1, 0.15) is 0 Å². The van der Waals surface area contributed by atoms with Crippen LogP contribution in [-0.2, 0) is 11.3 Å². The molecule has 3 rings (SSSR count). The number of benzene rings is 1. The molecule has 1 N–H and O–H groups in total. The smallest absolute Gasteiger partial charge is 0.0594 e. The molecule has 0 spiro atoms. The molecule has 0 atom stereocenters. The third kappa shape index (κ3) is 4.65. The first-order chi connectivity index (χ1) is 11.5. The molecule has 4 heteroatoms. The third-order valence-corrected chi connectivity index (χ3v) is 5.22. The van der Waals surface area contributed by atoms with Gasteiger partial charge in [-0.25, -0.2) is 0 Å². The summed E-state index contributed by atoms with van der Waals surface area (Å²) in [7, 11) is 0. The molecular formula is C20H28N2OS. The van der Waals surface area contributed by atoms with E-state index in [4.69, 9.17) is 17.0 Å². The lowest BCUT2D eigenvalue weighted by molar-refractivity contribution is 0.0425. The van der Waals surface area contributed by atoms with Gasteiger partial charge in [0.2, 0.25) is 0 Å². The second-order valence-corrected chi connectivity index (χ2v) is 8.12. The van der Waals surface area contributed by atoms with E-state index in [9.17, 15) is 0 Å². The zero-order valence-electron chi connectivity index (χ0n) is 14.8. The van der Waals surface area contributed by atoms with Crippen molar-refractivity contribution in [2.75, 3.05) is 32.8 Å². The van der Waals surface area contributed by atoms with Gasteiger partial charge < -0.3 is 10.1 Å². The summed E-state index contributed by atoms with van der Waals surface area (Å²) in [4.78, 5) is 3.60. The number of nitrogens with one attached hydrogen (secondary N) is 1. The topological polar surface area (TPSA) is 24.5 Å². The summed E-state index contributed by atoms with van der Waals surface area (Å²) in [5.74, 6) is 0. The van der Waals surface area contributed by atoms with Crippen LogP contribution in [0.4, 0.5) is 0 Å². The maximum atomic E-state index is 5.80. The Bertz CT molecular complexity index is 603. The summed E-state index contributed by atoms with van der Waals surface area (Å²) in [6, 6.07) is 10.6. The molecule has 0 amide bonds. The molecule has 1 aliphatic carbocycles. The van der Waals surface area contributed by atoms with Gasteiger partial charge in [-0.05, 0) is 29.4 Å². The number of nitrogens with zero attached hydrogens (tertiary/aromatic N) is 1. The van der Waals surface area contributed by atoms with Crippen LogP contribution in [0.3, 0.4) is 0 Å².